The molecular weight excluding hydrogens is 293 g/mol. The number of fused-ring (bicyclic) bond motifs is 1. The number of hydrogen-bond acceptors (Lipinski definition) is 4. The summed E-state index contributed by atoms with van der Waals surface area (Å²) in [5, 5.41) is 15.8. The van der Waals surface area contributed by atoms with Gasteiger partial charge in [0.1, 0.15) is 17.3 Å². The summed E-state index contributed by atoms with van der Waals surface area (Å²) < 4.78 is 13.7. The topological polar surface area (TPSA) is 80.5 Å². The molecule has 2 aromatic carbocycles. The fraction of sp³-hybridized carbons (Fsp3) is 0. The molecular formula is C17H12FN5. The Bertz CT molecular complexity index is 994. The summed E-state index contributed by atoms with van der Waals surface area (Å²) in [4.78, 5) is 0. The number of aromatic amines is 1. The molecule has 0 aliphatic carbocycles. The summed E-state index contributed by atoms with van der Waals surface area (Å²) in [5.41, 5.74) is 9.33. The maximum atomic E-state index is 13.7. The van der Waals surface area contributed by atoms with Crippen molar-refractivity contribution >= 4 is 16.9 Å². The van der Waals surface area contributed by atoms with E-state index in [1.807, 2.05) is 36.4 Å². The van der Waals surface area contributed by atoms with E-state index in [0.717, 1.165) is 5.56 Å². The molecule has 4 aromatic rings. The van der Waals surface area contributed by atoms with E-state index in [4.69, 9.17) is 5.73 Å². The largest absolute Gasteiger partial charge is 0.383 e. The summed E-state index contributed by atoms with van der Waals surface area (Å²) in [5.74, 6) is 0.0554. The first-order valence-corrected chi connectivity index (χ1v) is 7.05. The van der Waals surface area contributed by atoms with Gasteiger partial charge in [0.05, 0.1) is 5.39 Å². The predicted octanol–water partition coefficient (Wildman–Crippen LogP) is 3.41. The quantitative estimate of drug-likeness (QED) is 0.594. The number of anilines is 1. The van der Waals surface area contributed by atoms with Crippen molar-refractivity contribution < 1.29 is 4.39 Å². The maximum Gasteiger partial charge on any atom is 0.205 e. The normalized spacial score (nSPS) is 11.0. The minimum atomic E-state index is -0.325. The SMILES string of the molecule is Nc1[nH]nc2nnc(-c3ccccc3)c(-c3cccc(F)c3)c12. The lowest BCUT2D eigenvalue weighted by atomic mass is 9.97. The minimum Gasteiger partial charge on any atom is -0.383 e. The third-order valence-electron chi connectivity index (χ3n) is 3.67. The van der Waals surface area contributed by atoms with Crippen LogP contribution in [0.1, 0.15) is 0 Å². The zero-order valence-corrected chi connectivity index (χ0v) is 12.0. The van der Waals surface area contributed by atoms with Crippen molar-refractivity contribution in [3.05, 3.63) is 60.4 Å². The van der Waals surface area contributed by atoms with Gasteiger partial charge in [-0.2, -0.15) is 5.10 Å². The monoisotopic (exact) mass is 305 g/mol. The van der Waals surface area contributed by atoms with Crippen LogP contribution in [0, 0.1) is 5.82 Å². The van der Waals surface area contributed by atoms with E-state index in [0.29, 0.717) is 33.7 Å². The molecule has 5 nitrogen and oxygen atoms in total. The van der Waals surface area contributed by atoms with Crippen LogP contribution in [0.25, 0.3) is 33.4 Å². The Balaban J connectivity index is 2.11. The lowest BCUT2D eigenvalue weighted by molar-refractivity contribution is 0.628. The molecule has 23 heavy (non-hydrogen) atoms. The Morgan fingerprint density at radius 1 is 0.913 bits per heavy atom. The Labute approximate surface area is 131 Å². The molecule has 0 amide bonds. The fourth-order valence-corrected chi connectivity index (χ4v) is 2.65. The molecule has 2 heterocycles. The van der Waals surface area contributed by atoms with E-state index in [9.17, 15) is 4.39 Å². The maximum absolute atomic E-state index is 13.7. The van der Waals surface area contributed by atoms with Gasteiger partial charge in [-0.25, -0.2) is 4.39 Å². The van der Waals surface area contributed by atoms with E-state index in [1.165, 1.54) is 12.1 Å². The second-order valence-electron chi connectivity index (χ2n) is 5.14. The number of halogens is 1. The number of nitrogens with zero attached hydrogens (tertiary/aromatic N) is 3. The highest BCUT2D eigenvalue weighted by Gasteiger charge is 2.18. The molecule has 0 unspecified atom stereocenters. The van der Waals surface area contributed by atoms with Crippen LogP contribution in [-0.2, 0) is 0 Å². The number of H-pyrrole nitrogens is 1. The molecule has 2 aromatic heterocycles. The first-order valence-electron chi connectivity index (χ1n) is 7.05. The van der Waals surface area contributed by atoms with Crippen LogP contribution in [-0.4, -0.2) is 20.4 Å². The van der Waals surface area contributed by atoms with Gasteiger partial charge in [0.15, 0.2) is 0 Å². The van der Waals surface area contributed by atoms with Crippen LogP contribution >= 0.6 is 0 Å². The van der Waals surface area contributed by atoms with Crippen LogP contribution in [0.2, 0.25) is 0 Å². The van der Waals surface area contributed by atoms with E-state index in [-0.39, 0.29) is 5.82 Å². The van der Waals surface area contributed by atoms with Crippen molar-refractivity contribution in [2.45, 2.75) is 0 Å². The molecule has 0 saturated heterocycles. The first kappa shape index (κ1) is 13.4. The first-order chi connectivity index (χ1) is 11.2. The predicted molar refractivity (Wildman–Crippen MR) is 86.9 cm³/mol. The summed E-state index contributed by atoms with van der Waals surface area (Å²) in [6, 6.07) is 15.9. The average Bonchev–Trinajstić information content (AvgIpc) is 2.96. The molecule has 0 aliphatic rings. The molecule has 0 spiro atoms. The van der Waals surface area contributed by atoms with Gasteiger partial charge in [0, 0.05) is 11.1 Å². The Kier molecular flexibility index (Phi) is 3.01. The number of nitrogens with two attached hydrogens (primary N) is 1. The second-order valence-corrected chi connectivity index (χ2v) is 5.14. The van der Waals surface area contributed by atoms with Gasteiger partial charge < -0.3 is 5.73 Å². The molecule has 0 atom stereocenters. The molecule has 4 rings (SSSR count). The van der Waals surface area contributed by atoms with Crippen LogP contribution in [0.5, 0.6) is 0 Å². The summed E-state index contributed by atoms with van der Waals surface area (Å²) in [7, 11) is 0. The van der Waals surface area contributed by atoms with Gasteiger partial charge in [0.2, 0.25) is 5.65 Å². The summed E-state index contributed by atoms with van der Waals surface area (Å²) >= 11 is 0. The second kappa shape index (κ2) is 5.17. The van der Waals surface area contributed by atoms with Crippen molar-refractivity contribution in [1.29, 1.82) is 0 Å². The molecule has 0 fully saturated rings. The van der Waals surface area contributed by atoms with Crippen LogP contribution in [0.15, 0.2) is 54.6 Å². The van der Waals surface area contributed by atoms with Gasteiger partial charge in [0.25, 0.3) is 0 Å². The van der Waals surface area contributed by atoms with Crippen LogP contribution in [0.4, 0.5) is 10.2 Å². The smallest absolute Gasteiger partial charge is 0.205 e. The Hall–Kier alpha value is -3.28. The van der Waals surface area contributed by atoms with E-state index in [1.54, 1.807) is 6.07 Å². The zero-order chi connectivity index (χ0) is 15.8. The van der Waals surface area contributed by atoms with Gasteiger partial charge in [-0.3, -0.25) is 5.10 Å². The molecule has 0 aliphatic heterocycles. The highest BCUT2D eigenvalue weighted by Crippen LogP contribution is 2.37. The van der Waals surface area contributed by atoms with Gasteiger partial charge in [-0.1, -0.05) is 42.5 Å². The average molecular weight is 305 g/mol. The third-order valence-corrected chi connectivity index (χ3v) is 3.67. The van der Waals surface area contributed by atoms with Crippen LogP contribution < -0.4 is 5.73 Å². The van der Waals surface area contributed by atoms with Crippen molar-refractivity contribution in [2.75, 3.05) is 5.73 Å². The summed E-state index contributed by atoms with van der Waals surface area (Å²) in [6.07, 6.45) is 0. The van der Waals surface area contributed by atoms with Crippen molar-refractivity contribution in [2.24, 2.45) is 0 Å². The van der Waals surface area contributed by atoms with Crippen LogP contribution in [0.3, 0.4) is 0 Å². The Morgan fingerprint density at radius 2 is 1.70 bits per heavy atom. The number of benzene rings is 2. The standard InChI is InChI=1S/C17H12FN5/c18-12-8-4-7-11(9-12)13-14-16(19)21-23-17(14)22-20-15(13)10-5-2-1-3-6-10/h1-9H,(H3,19,21,22,23). The third kappa shape index (κ3) is 2.20. The van der Waals surface area contributed by atoms with Crippen molar-refractivity contribution in [1.82, 2.24) is 20.4 Å². The number of rotatable bonds is 2. The van der Waals surface area contributed by atoms with Gasteiger partial charge in [-0.05, 0) is 17.7 Å². The molecule has 3 N–H and O–H groups in total. The Morgan fingerprint density at radius 3 is 2.48 bits per heavy atom. The van der Waals surface area contributed by atoms with Gasteiger partial charge >= 0.3 is 0 Å². The fourth-order valence-electron chi connectivity index (χ4n) is 2.65. The van der Waals surface area contributed by atoms with Crippen molar-refractivity contribution in [3.63, 3.8) is 0 Å². The highest BCUT2D eigenvalue weighted by molar-refractivity contribution is 6.04. The molecule has 112 valence electrons. The zero-order valence-electron chi connectivity index (χ0n) is 12.0. The molecule has 0 radical (unpaired) electrons. The summed E-state index contributed by atoms with van der Waals surface area (Å²) in [6.45, 7) is 0. The minimum absolute atomic E-state index is 0.325. The number of hydrogen-bond donors (Lipinski definition) is 2. The molecule has 0 bridgehead atoms. The van der Waals surface area contributed by atoms with Gasteiger partial charge in [-0.15, -0.1) is 10.2 Å². The van der Waals surface area contributed by atoms with E-state index in [2.05, 4.69) is 20.4 Å². The molecule has 6 heteroatoms. The number of nitrogens with one attached hydrogen (secondary N) is 1. The lowest BCUT2D eigenvalue weighted by Crippen LogP contribution is -1.96. The number of nitrogen functional groups attached to an aromatic ring is 1. The van der Waals surface area contributed by atoms with Crippen molar-refractivity contribution in [3.8, 4) is 22.4 Å². The lowest BCUT2D eigenvalue weighted by Gasteiger charge is -2.10. The van der Waals surface area contributed by atoms with E-state index < -0.39 is 0 Å². The molecule has 0 saturated carbocycles. The highest BCUT2D eigenvalue weighted by atomic mass is 19.1. The number of aromatic nitrogens is 4. The van der Waals surface area contributed by atoms with E-state index >= 15 is 0 Å².